The highest BCUT2D eigenvalue weighted by Gasteiger charge is 2.31. The highest BCUT2D eigenvalue weighted by molar-refractivity contribution is 7.90. The molecule has 0 bridgehead atoms. The molecule has 1 saturated heterocycles. The zero-order chi connectivity index (χ0) is 19.7. The van der Waals surface area contributed by atoms with E-state index in [9.17, 15) is 13.2 Å². The van der Waals surface area contributed by atoms with Crippen LogP contribution in [0.15, 0.2) is 47.4 Å². The minimum atomic E-state index is -3.28. The molecule has 28 heavy (non-hydrogen) atoms. The highest BCUT2D eigenvalue weighted by atomic mass is 32.2. The van der Waals surface area contributed by atoms with Crippen LogP contribution in [0.2, 0.25) is 0 Å². The minimum absolute atomic E-state index is 0.0285. The molecule has 0 aromatic heterocycles. The number of benzene rings is 2. The summed E-state index contributed by atoms with van der Waals surface area (Å²) in [6.45, 7) is 1.94. The standard InChI is InChI=1S/C21H23NO5S/c1-28(24,25)17-8-5-15(6-9-17)21(23)22-11-2-4-18(22)16-7-10-19-20(14-16)27-13-3-12-26-19/h5-10,14,18H,2-4,11-13H2,1H3. The van der Waals surface area contributed by atoms with E-state index >= 15 is 0 Å². The molecular weight excluding hydrogens is 378 g/mol. The van der Waals surface area contributed by atoms with E-state index in [0.717, 1.165) is 42.6 Å². The molecule has 2 aromatic rings. The number of likely N-dealkylation sites (tertiary alicyclic amines) is 1. The summed E-state index contributed by atoms with van der Waals surface area (Å²) < 4.78 is 34.7. The molecule has 0 aliphatic carbocycles. The van der Waals surface area contributed by atoms with Gasteiger partial charge in [-0.15, -0.1) is 0 Å². The summed E-state index contributed by atoms with van der Waals surface area (Å²) in [7, 11) is -3.28. The molecule has 1 atom stereocenters. The third-order valence-corrected chi connectivity index (χ3v) is 6.33. The Morgan fingerprint density at radius 2 is 1.71 bits per heavy atom. The van der Waals surface area contributed by atoms with Crippen molar-refractivity contribution < 1.29 is 22.7 Å². The van der Waals surface area contributed by atoms with Crippen molar-refractivity contribution in [2.24, 2.45) is 0 Å². The average molecular weight is 401 g/mol. The van der Waals surface area contributed by atoms with Crippen molar-refractivity contribution in [2.75, 3.05) is 26.0 Å². The fraction of sp³-hybridized carbons (Fsp3) is 0.381. The molecule has 4 rings (SSSR count). The van der Waals surface area contributed by atoms with Crippen LogP contribution < -0.4 is 9.47 Å². The maximum atomic E-state index is 13.1. The largest absolute Gasteiger partial charge is 0.490 e. The van der Waals surface area contributed by atoms with Crippen molar-refractivity contribution in [2.45, 2.75) is 30.2 Å². The Balaban J connectivity index is 1.58. The number of fused-ring (bicyclic) bond motifs is 1. The van der Waals surface area contributed by atoms with Crippen LogP contribution in [0.25, 0.3) is 0 Å². The van der Waals surface area contributed by atoms with Crippen molar-refractivity contribution in [1.82, 2.24) is 4.90 Å². The first kappa shape index (κ1) is 18.8. The Labute approximate surface area is 165 Å². The smallest absolute Gasteiger partial charge is 0.254 e. The van der Waals surface area contributed by atoms with Gasteiger partial charge in [0.1, 0.15) is 0 Å². The number of carbonyl (C=O) groups excluding carboxylic acids is 1. The van der Waals surface area contributed by atoms with Crippen LogP contribution in [0.5, 0.6) is 11.5 Å². The fourth-order valence-corrected chi connectivity index (χ4v) is 4.38. The zero-order valence-electron chi connectivity index (χ0n) is 15.8. The molecular formula is C21H23NO5S. The summed E-state index contributed by atoms with van der Waals surface area (Å²) in [5.74, 6) is 1.38. The molecule has 2 aliphatic rings. The first-order chi connectivity index (χ1) is 13.4. The van der Waals surface area contributed by atoms with Gasteiger partial charge in [0, 0.05) is 24.8 Å². The Morgan fingerprint density at radius 1 is 1.00 bits per heavy atom. The molecule has 1 unspecified atom stereocenters. The van der Waals surface area contributed by atoms with Gasteiger partial charge in [-0.25, -0.2) is 8.42 Å². The number of ether oxygens (including phenoxy) is 2. The molecule has 1 fully saturated rings. The highest BCUT2D eigenvalue weighted by Crippen LogP contribution is 2.38. The molecule has 0 saturated carbocycles. The molecule has 2 aromatic carbocycles. The maximum Gasteiger partial charge on any atom is 0.254 e. The third kappa shape index (κ3) is 3.71. The zero-order valence-corrected chi connectivity index (χ0v) is 16.6. The molecule has 0 N–H and O–H groups in total. The van der Waals surface area contributed by atoms with Crippen molar-refractivity contribution in [3.8, 4) is 11.5 Å². The van der Waals surface area contributed by atoms with Gasteiger partial charge in [-0.05, 0) is 54.8 Å². The van der Waals surface area contributed by atoms with E-state index in [2.05, 4.69) is 0 Å². The second-order valence-electron chi connectivity index (χ2n) is 7.21. The van der Waals surface area contributed by atoms with Crippen LogP contribution in [0.4, 0.5) is 0 Å². The van der Waals surface area contributed by atoms with Crippen molar-refractivity contribution in [3.05, 3.63) is 53.6 Å². The third-order valence-electron chi connectivity index (χ3n) is 5.20. The number of sulfone groups is 1. The van der Waals surface area contributed by atoms with Crippen LogP contribution in [0.1, 0.15) is 41.2 Å². The van der Waals surface area contributed by atoms with E-state index in [1.807, 2.05) is 23.1 Å². The molecule has 1 amide bonds. The Bertz CT molecular complexity index is 984. The Kier molecular flexibility index (Phi) is 5.02. The number of hydrogen-bond donors (Lipinski definition) is 0. The number of hydrogen-bond acceptors (Lipinski definition) is 5. The van der Waals surface area contributed by atoms with Gasteiger partial charge in [0.05, 0.1) is 24.2 Å². The van der Waals surface area contributed by atoms with Gasteiger partial charge in [0.2, 0.25) is 0 Å². The summed E-state index contributed by atoms with van der Waals surface area (Å²) in [6, 6.07) is 12.0. The lowest BCUT2D eigenvalue weighted by molar-refractivity contribution is 0.0735. The lowest BCUT2D eigenvalue weighted by Gasteiger charge is -2.26. The fourth-order valence-electron chi connectivity index (χ4n) is 3.75. The van der Waals surface area contributed by atoms with Gasteiger partial charge in [-0.3, -0.25) is 4.79 Å². The van der Waals surface area contributed by atoms with Gasteiger partial charge >= 0.3 is 0 Å². The van der Waals surface area contributed by atoms with Crippen molar-refractivity contribution >= 4 is 15.7 Å². The predicted octanol–water partition coefficient (Wildman–Crippen LogP) is 3.23. The predicted molar refractivity (Wildman–Crippen MR) is 105 cm³/mol. The van der Waals surface area contributed by atoms with Gasteiger partial charge in [0.25, 0.3) is 5.91 Å². The summed E-state index contributed by atoms with van der Waals surface area (Å²) in [5.41, 5.74) is 1.52. The summed E-state index contributed by atoms with van der Waals surface area (Å²) in [5, 5.41) is 0. The van der Waals surface area contributed by atoms with E-state index < -0.39 is 9.84 Å². The van der Waals surface area contributed by atoms with E-state index in [1.54, 1.807) is 12.1 Å². The topological polar surface area (TPSA) is 72.9 Å². The van der Waals surface area contributed by atoms with Crippen LogP contribution in [-0.4, -0.2) is 45.2 Å². The SMILES string of the molecule is CS(=O)(=O)c1ccc(C(=O)N2CCCC2c2ccc3c(c2)OCCCO3)cc1. The van der Waals surface area contributed by atoms with Crippen LogP contribution in [-0.2, 0) is 9.84 Å². The molecule has 0 radical (unpaired) electrons. The van der Waals surface area contributed by atoms with Crippen molar-refractivity contribution in [3.63, 3.8) is 0 Å². The Morgan fingerprint density at radius 3 is 2.43 bits per heavy atom. The summed E-state index contributed by atoms with van der Waals surface area (Å²) >= 11 is 0. The molecule has 148 valence electrons. The van der Waals surface area contributed by atoms with Crippen LogP contribution in [0, 0.1) is 0 Å². The monoisotopic (exact) mass is 401 g/mol. The number of nitrogens with zero attached hydrogens (tertiary/aromatic N) is 1. The lowest BCUT2D eigenvalue weighted by atomic mass is 10.0. The number of carbonyl (C=O) groups is 1. The van der Waals surface area contributed by atoms with E-state index in [0.29, 0.717) is 25.3 Å². The van der Waals surface area contributed by atoms with Gasteiger partial charge in [0.15, 0.2) is 21.3 Å². The molecule has 6 nitrogen and oxygen atoms in total. The lowest BCUT2D eigenvalue weighted by Crippen LogP contribution is -2.30. The molecule has 2 aliphatic heterocycles. The first-order valence-electron chi connectivity index (χ1n) is 9.44. The second kappa shape index (κ2) is 7.47. The maximum absolute atomic E-state index is 13.1. The number of rotatable bonds is 3. The average Bonchev–Trinajstić information content (AvgIpc) is 3.05. The normalized spacial score (nSPS) is 19.3. The second-order valence-corrected chi connectivity index (χ2v) is 9.23. The van der Waals surface area contributed by atoms with Crippen LogP contribution in [0.3, 0.4) is 0 Å². The van der Waals surface area contributed by atoms with Crippen molar-refractivity contribution in [1.29, 1.82) is 0 Å². The van der Waals surface area contributed by atoms with Gasteiger partial charge in [-0.1, -0.05) is 6.07 Å². The van der Waals surface area contributed by atoms with E-state index in [4.69, 9.17) is 9.47 Å². The molecule has 0 spiro atoms. The Hall–Kier alpha value is -2.54. The quantitative estimate of drug-likeness (QED) is 0.790. The van der Waals surface area contributed by atoms with Gasteiger partial charge < -0.3 is 14.4 Å². The van der Waals surface area contributed by atoms with E-state index in [1.165, 1.54) is 12.1 Å². The number of amides is 1. The summed E-state index contributed by atoms with van der Waals surface area (Å²) in [6.07, 6.45) is 3.81. The minimum Gasteiger partial charge on any atom is -0.490 e. The molecule has 7 heteroatoms. The first-order valence-corrected chi connectivity index (χ1v) is 11.3. The van der Waals surface area contributed by atoms with Gasteiger partial charge in [-0.2, -0.15) is 0 Å². The van der Waals surface area contributed by atoms with E-state index in [-0.39, 0.29) is 16.8 Å². The van der Waals surface area contributed by atoms with Crippen LogP contribution >= 0.6 is 0 Å². The molecule has 2 heterocycles. The summed E-state index contributed by atoms with van der Waals surface area (Å²) in [4.78, 5) is 15.1.